The Morgan fingerprint density at radius 2 is 1.08 bits per heavy atom. The highest BCUT2D eigenvalue weighted by Gasteiger charge is 2.18. The lowest BCUT2D eigenvalue weighted by molar-refractivity contribution is 0.588. The fourth-order valence-electron chi connectivity index (χ4n) is 2.81. The average molecular weight is 373 g/mol. The monoisotopic (exact) mass is 372 g/mol. The number of hydrogen-bond acceptors (Lipinski definition) is 2. The molecule has 0 unspecified atom stereocenters. The van der Waals surface area contributed by atoms with Crippen molar-refractivity contribution in [3.05, 3.63) is 58.1 Å². The van der Waals surface area contributed by atoms with Gasteiger partial charge in [-0.25, -0.2) is 0 Å². The molecule has 0 spiro atoms. The van der Waals surface area contributed by atoms with Crippen molar-refractivity contribution in [1.29, 1.82) is 0 Å². The number of benzene rings is 2. The summed E-state index contributed by atoms with van der Waals surface area (Å²) >= 11 is 0. The molecule has 0 nitrogen and oxygen atoms in total. The minimum atomic E-state index is 0.200. The van der Waals surface area contributed by atoms with E-state index in [9.17, 15) is 0 Å². The number of aryl methyl sites for hydroxylation is 3. The third-order valence-electron chi connectivity index (χ3n) is 4.58. The smallest absolute Gasteiger partial charge is 0.0244 e. The standard InChI is InChI=1S/C23H32S2/c1-15-12-18(22(4,5)6)10-11-20(15)24-25-21-16(2)13-19(14-17(21)3)23(7,8)9/h10-14H,1-9H3. The Kier molecular flexibility index (Phi) is 6.06. The van der Waals surface area contributed by atoms with E-state index in [1.807, 2.05) is 21.6 Å². The molecule has 0 bridgehead atoms. The van der Waals surface area contributed by atoms with Gasteiger partial charge in [-0.05, 0) is 65.5 Å². The SMILES string of the molecule is Cc1cc(C(C)(C)C)ccc1SSc1c(C)cc(C(C)(C)C)cc1C. The molecule has 0 aliphatic rings. The summed E-state index contributed by atoms with van der Waals surface area (Å²) in [6.45, 7) is 20.4. The minimum Gasteiger partial charge on any atom is -0.0573 e. The highest BCUT2D eigenvalue weighted by molar-refractivity contribution is 8.76. The van der Waals surface area contributed by atoms with Gasteiger partial charge in [0.25, 0.3) is 0 Å². The van der Waals surface area contributed by atoms with Crippen LogP contribution in [0.4, 0.5) is 0 Å². The van der Waals surface area contributed by atoms with Crippen molar-refractivity contribution >= 4 is 21.6 Å². The third kappa shape index (κ3) is 5.08. The Morgan fingerprint density at radius 1 is 0.600 bits per heavy atom. The molecule has 0 aromatic heterocycles. The molecule has 0 saturated carbocycles. The van der Waals surface area contributed by atoms with Gasteiger partial charge in [0.2, 0.25) is 0 Å². The second kappa shape index (κ2) is 7.40. The molecule has 2 rings (SSSR count). The summed E-state index contributed by atoms with van der Waals surface area (Å²) < 4.78 is 0. The van der Waals surface area contributed by atoms with Crippen LogP contribution in [0.15, 0.2) is 40.1 Å². The Labute approximate surface area is 162 Å². The van der Waals surface area contributed by atoms with Crippen molar-refractivity contribution < 1.29 is 0 Å². The highest BCUT2D eigenvalue weighted by atomic mass is 33.1. The van der Waals surface area contributed by atoms with E-state index in [4.69, 9.17) is 0 Å². The van der Waals surface area contributed by atoms with E-state index in [1.54, 1.807) is 0 Å². The number of hydrogen-bond donors (Lipinski definition) is 0. The average Bonchev–Trinajstić information content (AvgIpc) is 2.45. The second-order valence-corrected chi connectivity index (χ2v) is 11.3. The van der Waals surface area contributed by atoms with Crippen molar-refractivity contribution in [1.82, 2.24) is 0 Å². The van der Waals surface area contributed by atoms with E-state index < -0.39 is 0 Å². The van der Waals surface area contributed by atoms with Crippen LogP contribution in [-0.2, 0) is 10.8 Å². The van der Waals surface area contributed by atoms with Crippen molar-refractivity contribution in [2.24, 2.45) is 0 Å². The predicted molar refractivity (Wildman–Crippen MR) is 116 cm³/mol. The van der Waals surface area contributed by atoms with Gasteiger partial charge in [0.15, 0.2) is 0 Å². The lowest BCUT2D eigenvalue weighted by Crippen LogP contribution is -2.11. The minimum absolute atomic E-state index is 0.200. The molecule has 2 heteroatoms. The van der Waals surface area contributed by atoms with Crippen LogP contribution < -0.4 is 0 Å². The molecule has 0 saturated heterocycles. The summed E-state index contributed by atoms with van der Waals surface area (Å²) in [5, 5.41) is 0. The van der Waals surface area contributed by atoms with Crippen LogP contribution in [-0.4, -0.2) is 0 Å². The highest BCUT2D eigenvalue weighted by Crippen LogP contribution is 2.43. The maximum absolute atomic E-state index is 2.35. The molecule has 0 atom stereocenters. The maximum atomic E-state index is 2.35. The molecule has 0 heterocycles. The van der Waals surface area contributed by atoms with Gasteiger partial charge in [-0.1, -0.05) is 87.4 Å². The Bertz CT molecular complexity index is 736. The summed E-state index contributed by atoms with van der Waals surface area (Å²) in [5.74, 6) is 0. The Balaban J connectivity index is 2.22. The van der Waals surface area contributed by atoms with Crippen LogP contribution in [0.3, 0.4) is 0 Å². The van der Waals surface area contributed by atoms with Gasteiger partial charge >= 0.3 is 0 Å². The summed E-state index contributed by atoms with van der Waals surface area (Å²) in [6, 6.07) is 11.6. The van der Waals surface area contributed by atoms with Gasteiger partial charge in [-0.2, -0.15) is 0 Å². The zero-order valence-electron chi connectivity index (χ0n) is 17.2. The van der Waals surface area contributed by atoms with E-state index in [-0.39, 0.29) is 10.8 Å². The van der Waals surface area contributed by atoms with E-state index in [0.717, 1.165) is 0 Å². The molecule has 2 aromatic rings. The fourth-order valence-corrected chi connectivity index (χ4v) is 5.55. The van der Waals surface area contributed by atoms with Gasteiger partial charge < -0.3 is 0 Å². The van der Waals surface area contributed by atoms with Crippen molar-refractivity contribution in [2.75, 3.05) is 0 Å². The fraction of sp³-hybridized carbons (Fsp3) is 0.478. The van der Waals surface area contributed by atoms with Gasteiger partial charge in [0.05, 0.1) is 0 Å². The van der Waals surface area contributed by atoms with Gasteiger partial charge in [-0.3, -0.25) is 0 Å². The van der Waals surface area contributed by atoms with Crippen LogP contribution >= 0.6 is 21.6 Å². The first-order valence-corrected chi connectivity index (χ1v) is 11.1. The zero-order chi connectivity index (χ0) is 19.0. The first kappa shape index (κ1) is 20.5. The zero-order valence-corrected chi connectivity index (χ0v) is 18.8. The summed E-state index contributed by atoms with van der Waals surface area (Å²) in [6.07, 6.45) is 0. The van der Waals surface area contributed by atoms with Crippen LogP contribution in [0, 0.1) is 20.8 Å². The lowest BCUT2D eigenvalue weighted by atomic mass is 9.85. The molecule has 0 aliphatic heterocycles. The van der Waals surface area contributed by atoms with Gasteiger partial charge in [0, 0.05) is 9.79 Å². The van der Waals surface area contributed by atoms with E-state index in [0.29, 0.717) is 0 Å². The summed E-state index contributed by atoms with van der Waals surface area (Å²) in [4.78, 5) is 2.76. The predicted octanol–water partition coefficient (Wildman–Crippen LogP) is 8.01. The lowest BCUT2D eigenvalue weighted by Gasteiger charge is -2.22. The van der Waals surface area contributed by atoms with Crippen LogP contribution in [0.2, 0.25) is 0 Å². The summed E-state index contributed by atoms with van der Waals surface area (Å²) in [5.41, 5.74) is 7.36. The Morgan fingerprint density at radius 3 is 1.52 bits per heavy atom. The van der Waals surface area contributed by atoms with Gasteiger partial charge in [0.1, 0.15) is 0 Å². The quantitative estimate of drug-likeness (QED) is 0.500. The van der Waals surface area contributed by atoms with Crippen LogP contribution in [0.5, 0.6) is 0 Å². The molecule has 0 fully saturated rings. The molecular weight excluding hydrogens is 340 g/mol. The van der Waals surface area contributed by atoms with Crippen molar-refractivity contribution in [2.45, 2.75) is 82.9 Å². The first-order chi connectivity index (χ1) is 11.4. The molecule has 0 radical (unpaired) electrons. The van der Waals surface area contributed by atoms with Crippen LogP contribution in [0.25, 0.3) is 0 Å². The van der Waals surface area contributed by atoms with E-state index in [1.165, 1.54) is 37.6 Å². The van der Waals surface area contributed by atoms with Crippen LogP contribution in [0.1, 0.15) is 69.4 Å². The maximum Gasteiger partial charge on any atom is 0.0244 e. The molecule has 0 N–H and O–H groups in total. The Hall–Kier alpha value is -0.860. The molecule has 136 valence electrons. The topological polar surface area (TPSA) is 0 Å². The molecule has 0 aliphatic carbocycles. The van der Waals surface area contributed by atoms with Gasteiger partial charge in [-0.15, -0.1) is 0 Å². The first-order valence-electron chi connectivity index (χ1n) is 8.97. The summed E-state index contributed by atoms with van der Waals surface area (Å²) in [7, 11) is 3.77. The van der Waals surface area contributed by atoms with E-state index in [2.05, 4.69) is 92.6 Å². The molecular formula is C23H32S2. The molecule has 0 amide bonds. The third-order valence-corrected chi connectivity index (χ3v) is 7.40. The molecule has 25 heavy (non-hydrogen) atoms. The largest absolute Gasteiger partial charge is 0.0573 e. The van der Waals surface area contributed by atoms with Crippen molar-refractivity contribution in [3.8, 4) is 0 Å². The number of rotatable bonds is 3. The molecule has 2 aromatic carbocycles. The second-order valence-electron chi connectivity index (χ2n) is 9.09. The normalized spacial score (nSPS) is 12.5. The van der Waals surface area contributed by atoms with E-state index >= 15 is 0 Å². The van der Waals surface area contributed by atoms with Crippen molar-refractivity contribution in [3.63, 3.8) is 0 Å².